The lowest BCUT2D eigenvalue weighted by Gasteiger charge is -2.37. The van der Waals surface area contributed by atoms with Crippen molar-refractivity contribution in [2.45, 2.75) is 57.9 Å². The number of thioether (sulfide) groups is 1. The van der Waals surface area contributed by atoms with Gasteiger partial charge in [0.1, 0.15) is 0 Å². The Bertz CT molecular complexity index is 431. The fourth-order valence-corrected chi connectivity index (χ4v) is 4.68. The van der Waals surface area contributed by atoms with Crippen LogP contribution in [0.2, 0.25) is 0 Å². The molecular weight excluding hydrogens is 274 g/mol. The summed E-state index contributed by atoms with van der Waals surface area (Å²) < 4.78 is 0. The normalized spacial score (nSPS) is 27.5. The van der Waals surface area contributed by atoms with E-state index in [0.717, 1.165) is 24.3 Å². The van der Waals surface area contributed by atoms with Gasteiger partial charge in [0, 0.05) is 16.7 Å². The molecule has 0 heterocycles. The van der Waals surface area contributed by atoms with Crippen LogP contribution < -0.4 is 5.32 Å². The first-order valence-corrected chi connectivity index (χ1v) is 9.51. The summed E-state index contributed by atoms with van der Waals surface area (Å²) in [7, 11) is 0. The monoisotopic (exact) mass is 305 g/mol. The lowest BCUT2D eigenvalue weighted by atomic mass is 9.73. The topological polar surface area (TPSA) is 12.0 Å². The van der Waals surface area contributed by atoms with Gasteiger partial charge >= 0.3 is 0 Å². The summed E-state index contributed by atoms with van der Waals surface area (Å²) in [5, 5.41) is 3.75. The Labute approximate surface area is 135 Å². The van der Waals surface area contributed by atoms with Gasteiger partial charge in [-0.3, -0.25) is 0 Å². The maximum atomic E-state index is 3.75. The van der Waals surface area contributed by atoms with Crippen molar-refractivity contribution >= 4 is 11.8 Å². The molecule has 21 heavy (non-hydrogen) atoms. The molecule has 4 atom stereocenters. The molecule has 0 saturated heterocycles. The van der Waals surface area contributed by atoms with E-state index >= 15 is 0 Å². The summed E-state index contributed by atoms with van der Waals surface area (Å²) in [6.07, 6.45) is 4.20. The minimum absolute atomic E-state index is 0.662. The number of aryl methyl sites for hydroxylation is 1. The van der Waals surface area contributed by atoms with E-state index in [4.69, 9.17) is 0 Å². The highest BCUT2D eigenvalue weighted by molar-refractivity contribution is 7.99. The average molecular weight is 306 g/mol. The Morgan fingerprint density at radius 3 is 2.71 bits per heavy atom. The second-order valence-corrected chi connectivity index (χ2v) is 7.91. The molecule has 0 aromatic heterocycles. The molecule has 118 valence electrons. The standard InChI is InChI=1S/C19H31NS/c1-5-20-19(17-10-9-15(3)16(4)12-17)13-21-18-8-6-7-14(2)11-18/h6-8,11,15-17,19-20H,5,9-10,12-13H2,1-4H3. The molecular formula is C19H31NS. The minimum atomic E-state index is 0.662. The number of benzene rings is 1. The van der Waals surface area contributed by atoms with E-state index < -0.39 is 0 Å². The minimum Gasteiger partial charge on any atom is -0.313 e. The molecule has 1 aliphatic rings. The van der Waals surface area contributed by atoms with Gasteiger partial charge in [-0.25, -0.2) is 0 Å². The van der Waals surface area contributed by atoms with E-state index in [2.05, 4.69) is 57.3 Å². The van der Waals surface area contributed by atoms with Crippen LogP contribution in [0.3, 0.4) is 0 Å². The number of nitrogens with one attached hydrogen (secondary N) is 1. The second-order valence-electron chi connectivity index (χ2n) is 6.82. The SMILES string of the molecule is CCNC(CSc1cccc(C)c1)C1CCC(C)C(C)C1. The maximum absolute atomic E-state index is 3.75. The van der Waals surface area contributed by atoms with Crippen molar-refractivity contribution in [3.63, 3.8) is 0 Å². The Kier molecular flexibility index (Phi) is 6.63. The van der Waals surface area contributed by atoms with E-state index in [9.17, 15) is 0 Å². The van der Waals surface area contributed by atoms with Gasteiger partial charge in [-0.15, -0.1) is 11.8 Å². The van der Waals surface area contributed by atoms with Crippen LogP contribution in [0, 0.1) is 24.7 Å². The summed E-state index contributed by atoms with van der Waals surface area (Å²) >= 11 is 2.02. The molecule has 1 aromatic rings. The quantitative estimate of drug-likeness (QED) is 0.731. The highest BCUT2D eigenvalue weighted by Gasteiger charge is 2.29. The van der Waals surface area contributed by atoms with Gasteiger partial charge in [0.15, 0.2) is 0 Å². The van der Waals surface area contributed by atoms with Gasteiger partial charge in [0.2, 0.25) is 0 Å². The Morgan fingerprint density at radius 1 is 1.24 bits per heavy atom. The van der Waals surface area contributed by atoms with E-state index in [1.807, 2.05) is 11.8 Å². The Morgan fingerprint density at radius 2 is 2.05 bits per heavy atom. The molecule has 1 saturated carbocycles. The molecule has 0 bridgehead atoms. The molecule has 1 aromatic carbocycles. The third-order valence-electron chi connectivity index (χ3n) is 5.09. The first kappa shape index (κ1) is 16.9. The van der Waals surface area contributed by atoms with E-state index in [1.54, 1.807) is 0 Å². The van der Waals surface area contributed by atoms with Crippen molar-refractivity contribution in [3.05, 3.63) is 29.8 Å². The molecule has 4 unspecified atom stereocenters. The summed E-state index contributed by atoms with van der Waals surface area (Å²) in [4.78, 5) is 1.41. The first-order valence-electron chi connectivity index (χ1n) is 8.53. The van der Waals surface area contributed by atoms with Crippen molar-refractivity contribution in [1.82, 2.24) is 5.32 Å². The lowest BCUT2D eigenvalue weighted by Crippen LogP contribution is -2.41. The molecule has 0 spiro atoms. The average Bonchev–Trinajstić information content (AvgIpc) is 2.46. The van der Waals surface area contributed by atoms with Crippen LogP contribution in [-0.2, 0) is 0 Å². The third-order valence-corrected chi connectivity index (χ3v) is 6.21. The molecule has 2 rings (SSSR count). The summed E-state index contributed by atoms with van der Waals surface area (Å²) in [5.74, 6) is 3.85. The molecule has 0 amide bonds. The predicted octanol–water partition coefficient (Wildman–Crippen LogP) is 5.14. The van der Waals surface area contributed by atoms with Crippen LogP contribution in [0.5, 0.6) is 0 Å². The molecule has 0 radical (unpaired) electrons. The maximum Gasteiger partial charge on any atom is 0.0189 e. The van der Waals surface area contributed by atoms with E-state index in [0.29, 0.717) is 6.04 Å². The van der Waals surface area contributed by atoms with Crippen molar-refractivity contribution < 1.29 is 0 Å². The summed E-state index contributed by atoms with van der Waals surface area (Å²) in [6.45, 7) is 10.4. The van der Waals surface area contributed by atoms with Gasteiger partial charge < -0.3 is 5.32 Å². The smallest absolute Gasteiger partial charge is 0.0189 e. The lowest BCUT2D eigenvalue weighted by molar-refractivity contribution is 0.179. The molecule has 2 heteroatoms. The van der Waals surface area contributed by atoms with Crippen LogP contribution in [0.1, 0.15) is 45.6 Å². The van der Waals surface area contributed by atoms with Gasteiger partial charge in [0.25, 0.3) is 0 Å². The fraction of sp³-hybridized carbons (Fsp3) is 0.684. The van der Waals surface area contributed by atoms with Crippen LogP contribution in [0.4, 0.5) is 0 Å². The zero-order chi connectivity index (χ0) is 15.2. The van der Waals surface area contributed by atoms with Crippen molar-refractivity contribution in [2.75, 3.05) is 12.3 Å². The highest BCUT2D eigenvalue weighted by atomic mass is 32.2. The molecule has 1 fully saturated rings. The second kappa shape index (κ2) is 8.24. The van der Waals surface area contributed by atoms with Crippen molar-refractivity contribution in [1.29, 1.82) is 0 Å². The Hall–Kier alpha value is -0.470. The molecule has 1 aliphatic carbocycles. The van der Waals surface area contributed by atoms with Crippen LogP contribution >= 0.6 is 11.8 Å². The van der Waals surface area contributed by atoms with E-state index in [1.165, 1.54) is 35.5 Å². The van der Waals surface area contributed by atoms with Gasteiger partial charge in [-0.1, -0.05) is 44.9 Å². The van der Waals surface area contributed by atoms with Crippen molar-refractivity contribution in [2.24, 2.45) is 17.8 Å². The summed E-state index contributed by atoms with van der Waals surface area (Å²) in [5.41, 5.74) is 1.36. The molecule has 1 N–H and O–H groups in total. The fourth-order valence-electron chi connectivity index (χ4n) is 3.47. The van der Waals surface area contributed by atoms with Gasteiger partial charge in [0.05, 0.1) is 0 Å². The van der Waals surface area contributed by atoms with Crippen molar-refractivity contribution in [3.8, 4) is 0 Å². The largest absolute Gasteiger partial charge is 0.313 e. The number of hydrogen-bond acceptors (Lipinski definition) is 2. The zero-order valence-electron chi connectivity index (χ0n) is 14.1. The molecule has 1 nitrogen and oxygen atoms in total. The van der Waals surface area contributed by atoms with Gasteiger partial charge in [-0.2, -0.15) is 0 Å². The van der Waals surface area contributed by atoms with Crippen LogP contribution in [0.15, 0.2) is 29.2 Å². The third kappa shape index (κ3) is 5.03. The Balaban J connectivity index is 1.92. The van der Waals surface area contributed by atoms with Gasteiger partial charge in [-0.05, 0) is 56.2 Å². The number of rotatable bonds is 6. The van der Waals surface area contributed by atoms with E-state index in [-0.39, 0.29) is 0 Å². The predicted molar refractivity (Wildman–Crippen MR) is 95.0 cm³/mol. The van der Waals surface area contributed by atoms with Crippen LogP contribution in [-0.4, -0.2) is 18.3 Å². The summed E-state index contributed by atoms with van der Waals surface area (Å²) in [6, 6.07) is 9.56. The van der Waals surface area contributed by atoms with Crippen LogP contribution in [0.25, 0.3) is 0 Å². The number of hydrogen-bond donors (Lipinski definition) is 1. The highest BCUT2D eigenvalue weighted by Crippen LogP contribution is 2.36. The first-order chi connectivity index (χ1) is 10.1. The zero-order valence-corrected chi connectivity index (χ0v) is 14.9. The molecule has 0 aliphatic heterocycles.